The summed E-state index contributed by atoms with van der Waals surface area (Å²) >= 11 is 0. The molecule has 0 saturated carbocycles. The third kappa shape index (κ3) is 42.1. The number of hydrogen-bond donors (Lipinski definition) is 15. The molecule has 0 aliphatic carbocycles. The maximum Gasteiger partial charge on any atom is 1.00 e. The summed E-state index contributed by atoms with van der Waals surface area (Å²) in [5, 5.41) is 43.4. The first-order chi connectivity index (χ1) is 57.5. The van der Waals surface area contributed by atoms with Gasteiger partial charge in [-0.05, 0) is 172 Å². The van der Waals surface area contributed by atoms with Crippen LogP contribution in [0.3, 0.4) is 0 Å². The van der Waals surface area contributed by atoms with Crippen molar-refractivity contribution in [3.8, 4) is 0 Å². The first-order valence-electron chi connectivity index (χ1n) is 39.7. The fraction of sp³-hybridized carbons (Fsp3) is 0.464. The second-order valence-electron chi connectivity index (χ2n) is 27.8. The number of azide groups is 1. The number of amides is 15. The van der Waals surface area contributed by atoms with Crippen LogP contribution < -0.4 is 258 Å². The van der Waals surface area contributed by atoms with Crippen LogP contribution in [0.25, 0.3) is 10.4 Å². The Bertz CT molecular complexity index is 4510. The molecule has 0 aromatic heterocycles. The Morgan fingerprint density at radius 2 is 0.725 bits per heavy atom. The predicted molar refractivity (Wildman–Crippen MR) is 460 cm³/mol. The smallest absolute Gasteiger partial charge is 0.870 e. The summed E-state index contributed by atoms with van der Waals surface area (Å²) in [6.07, 6.45) is 13.0. The van der Waals surface area contributed by atoms with Crippen molar-refractivity contribution in [1.82, 2.24) is 42.5 Å². The molecular weight excluding hydrogens is 1770 g/mol. The molecule has 1 heterocycles. The molecule has 6 rings (SSSR count). The van der Waals surface area contributed by atoms with Crippen molar-refractivity contribution in [3.05, 3.63) is 148 Å². The molecule has 131 heavy (non-hydrogen) atoms. The van der Waals surface area contributed by atoms with E-state index in [0.717, 1.165) is 33.4 Å². The maximum absolute atomic E-state index is 14.8. The quantitative estimate of drug-likeness (QED) is 0.00430. The van der Waals surface area contributed by atoms with E-state index in [1.165, 1.54) is 54.6 Å². The Balaban J connectivity index is -0.00000256. The molecule has 41 nitrogen and oxygen atoms in total. The van der Waals surface area contributed by atoms with Crippen molar-refractivity contribution in [2.75, 3.05) is 71.4 Å². The van der Waals surface area contributed by atoms with Gasteiger partial charge < -0.3 is 151 Å². The van der Waals surface area contributed by atoms with Gasteiger partial charge in [0.2, 0.25) is 0 Å². The van der Waals surface area contributed by atoms with Gasteiger partial charge in [-0.1, -0.05) is 92.1 Å². The zero-order valence-electron chi connectivity index (χ0n) is 77.0. The minimum Gasteiger partial charge on any atom is -0.870 e. The van der Waals surface area contributed by atoms with E-state index in [2.05, 4.69) is 84.5 Å². The average Bonchev–Trinajstić information content (AvgIpc) is 0.771. The fourth-order valence-electron chi connectivity index (χ4n) is 15.0. The van der Waals surface area contributed by atoms with Crippen LogP contribution in [0.1, 0.15) is 223 Å². The minimum atomic E-state index is -1.27. The molecule has 1 aliphatic heterocycles. The first kappa shape index (κ1) is 137. The molecular formula is C84H112N18Na6O23-6. The number of primary amides is 1. The van der Waals surface area contributed by atoms with Crippen LogP contribution in [-0.2, 0) is 116 Å². The number of benzene rings is 5. The van der Waals surface area contributed by atoms with Crippen molar-refractivity contribution in [2.45, 2.75) is 214 Å². The van der Waals surface area contributed by atoms with Crippen LogP contribution in [0.5, 0.6) is 0 Å². The number of nitrogens with zero attached hydrogens (tertiary/aromatic N) is 3. The summed E-state index contributed by atoms with van der Waals surface area (Å²) in [7, 11) is 0. The van der Waals surface area contributed by atoms with Crippen LogP contribution in [0.15, 0.2) is 59.7 Å². The van der Waals surface area contributed by atoms with Gasteiger partial charge in [-0.15, -0.1) is 0 Å². The number of carbonyl (C=O) groups excluding carboxylic acids is 15. The van der Waals surface area contributed by atoms with Crippen molar-refractivity contribution >= 4 is 126 Å². The molecule has 1 aliphatic rings. The molecule has 0 spiro atoms. The van der Waals surface area contributed by atoms with Gasteiger partial charge in [0.1, 0.15) is 0 Å². The summed E-state index contributed by atoms with van der Waals surface area (Å²) in [5.74, 6) is -2.00. The van der Waals surface area contributed by atoms with Crippen LogP contribution in [0.2, 0.25) is 0 Å². The Morgan fingerprint density at radius 3 is 1.06 bits per heavy atom. The molecule has 0 atom stereocenters. The van der Waals surface area contributed by atoms with Gasteiger partial charge in [0, 0.05) is 78.5 Å². The number of ether oxygens (including phenoxy) is 2. The topological polar surface area (TPSA) is 698 Å². The first-order valence-corrected chi connectivity index (χ1v) is 39.7. The van der Waals surface area contributed by atoms with Crippen LogP contribution in [0, 0.1) is 0 Å². The van der Waals surface area contributed by atoms with Crippen LogP contribution in [-0.4, -0.2) is 175 Å². The second kappa shape index (κ2) is 73.5. The van der Waals surface area contributed by atoms with E-state index in [1.54, 1.807) is 18.9 Å². The Kier molecular flexibility index (Phi) is 76.9. The number of rotatable bonds is 43. The summed E-state index contributed by atoms with van der Waals surface area (Å²) in [4.78, 5) is 200. The van der Waals surface area contributed by atoms with Gasteiger partial charge in [-0.2, -0.15) is 38.5 Å². The van der Waals surface area contributed by atoms with Gasteiger partial charge in [-0.25, -0.2) is 28.8 Å². The molecule has 4 bridgehead atoms. The van der Waals surface area contributed by atoms with Crippen molar-refractivity contribution < 1.29 is 292 Å². The molecule has 0 fully saturated rings. The van der Waals surface area contributed by atoms with Gasteiger partial charge in [0.15, 0.2) is 0 Å². The number of nitrogens with two attached hydrogens (primary N) is 1. The average molecular weight is 1880 g/mol. The largest absolute Gasteiger partial charge is 1.00 e. The van der Waals surface area contributed by atoms with E-state index in [-0.39, 0.29) is 410 Å². The Hall–Kier alpha value is -6.86. The van der Waals surface area contributed by atoms with Crippen LogP contribution in [0.4, 0.5) is 62.9 Å². The molecule has 5 aromatic rings. The third-order valence-electron chi connectivity index (χ3n) is 20.6. The normalized spacial score (nSPS) is 11.5. The number of urea groups is 6. The van der Waals surface area contributed by atoms with Crippen molar-refractivity contribution in [1.29, 1.82) is 0 Å². The third-order valence-corrected chi connectivity index (χ3v) is 20.6. The molecule has 0 unspecified atom stereocenters. The van der Waals surface area contributed by atoms with Crippen molar-refractivity contribution in [2.24, 2.45) is 10.8 Å². The zero-order chi connectivity index (χ0) is 86.9. The van der Waals surface area contributed by atoms with E-state index in [0.29, 0.717) is 78.3 Å². The summed E-state index contributed by atoms with van der Waals surface area (Å²) < 4.78 is 11.0. The summed E-state index contributed by atoms with van der Waals surface area (Å²) in [5.41, 5.74) is 20.7. The monoisotopic (exact) mass is 1880 g/mol. The number of carbonyl (C=O) groups is 9. The van der Waals surface area contributed by atoms with E-state index >= 15 is 0 Å². The van der Waals surface area contributed by atoms with Gasteiger partial charge in [0.05, 0.1) is 60.6 Å². The van der Waals surface area contributed by atoms with Gasteiger partial charge >= 0.3 is 214 Å². The molecule has 0 radical (unpaired) electrons. The number of hydrogen-bond acceptors (Lipinski definition) is 24. The molecule has 0 saturated heterocycles. The zero-order valence-corrected chi connectivity index (χ0v) is 89.0. The molecule has 5 aromatic carbocycles. The fourth-order valence-corrected chi connectivity index (χ4v) is 15.0. The minimum absolute atomic E-state index is 0. The summed E-state index contributed by atoms with van der Waals surface area (Å²) in [6, 6.07) is 7.38. The molecule has 688 valence electrons. The predicted octanol–water partition coefficient (Wildman–Crippen LogP) is -8.65. The maximum atomic E-state index is 14.8. The van der Waals surface area contributed by atoms with Gasteiger partial charge in [-0.3, -0.25) is 52.1 Å². The van der Waals surface area contributed by atoms with Gasteiger partial charge in [0.25, 0.3) is 17.7 Å². The molecule has 22 N–H and O–H groups in total. The number of anilines is 6. The number of fused-ring (bicyclic) bond motifs is 6. The van der Waals surface area contributed by atoms with E-state index < -0.39 is 65.0 Å². The van der Waals surface area contributed by atoms with Crippen molar-refractivity contribution in [3.63, 3.8) is 0 Å². The van der Waals surface area contributed by atoms with E-state index in [1.807, 2.05) is 67.3 Å². The molecule has 15 amide bonds. The van der Waals surface area contributed by atoms with E-state index in [4.69, 9.17) is 20.7 Å². The SMILES string of the molecule is CCc1c(CC)c2c(CC)c(c1CC)CNC(=O)Nc1cc(C(=O)NC(CC[C-]=O)(CC[C-]=O)CC[C-]=O)ccc1NC(=O)NCc1c(CC)c(CNC(=O)Nc3ccc(C(=O)NC(CC[C-]=O)(CC[C-]=O)CC[C-]=O)cc3NC(N)=O)c(CC)c(c1CC)CNC(=O)Nc1ccc(C(=O)NCCOCCOCCN=[N+]=[N-])cc1NC(=O)NC2.[Na+].[Na+].[Na+].[Na+].[Na+].[Na+].[OH-].[OH-].[OH-].[OH-].[OH-].[OH-]. The van der Waals surface area contributed by atoms with Crippen LogP contribution >= 0.6 is 0 Å². The summed E-state index contributed by atoms with van der Waals surface area (Å²) in [6.45, 7) is 13.9. The Labute approximate surface area is 895 Å². The second-order valence-corrected chi connectivity index (χ2v) is 27.8. The Morgan fingerprint density at radius 1 is 0.405 bits per heavy atom. The molecule has 47 heteroatoms. The van der Waals surface area contributed by atoms with E-state index in [9.17, 15) is 71.9 Å². The number of nitrogens with one attached hydrogen (secondary N) is 14. The standard InChI is InChI=1S/C84H106N18O17.6Na.6H2O/c1-8-56-57(9-2)63-48-91-81(116)98-72-45-53(74(109)87-33-41-118-43-44-119-42-34-93-102-86)21-24-69(72)96-79(114)89-51-66-60(12-5)65(50-88-78(113)95-68-25-22-54(46-71(68)94-77(85)112)75(110)100-83(27-15-35-103,28-16-36-104)29-17-37-105)61(13-6)67(62(66)14-7)52-90-80(115)97-70-26-23-55(76(111)101-84(30-18-38-106,31-19-39-107)32-20-40-108)47-73(70)99-82(117)92-49-64(58(56)10-3)59(63)11-4;;;;;;;;;;;;/h21-26,45-47H,8-20,27-34,41-44,48-52H2,1-7H3,(H,87,109)(H,100,110)(H,101,111)(H3,85,94,112)(H2,88,95,113)(H2,89,96,114)(H2,90,97,115)(H2,91,98,116)(H2,92,99,117);;;;;;;6*1H2/q-6;6*+1;;;;;;/p-6.